The predicted octanol–water partition coefficient (Wildman–Crippen LogP) is 2.39. The molecule has 0 saturated carbocycles. The Morgan fingerprint density at radius 3 is 3.07 bits per heavy atom. The maximum absolute atomic E-state index is 5.66. The number of allylic oxidation sites excluding steroid dienone is 3. The van der Waals surface area contributed by atoms with Gasteiger partial charge in [-0.2, -0.15) is 0 Å². The van der Waals surface area contributed by atoms with Crippen LogP contribution in [-0.4, -0.2) is 25.6 Å². The molecule has 2 rings (SSSR count). The van der Waals surface area contributed by atoms with Crippen LogP contribution >= 0.6 is 0 Å². The maximum Gasteiger partial charge on any atom is 0.158 e. The molecular formula is C12H18O3. The molecule has 2 aliphatic rings. The molecule has 84 valence electrons. The van der Waals surface area contributed by atoms with E-state index in [1.54, 1.807) is 0 Å². The first-order valence-corrected chi connectivity index (χ1v) is 5.62. The van der Waals surface area contributed by atoms with E-state index in [1.165, 1.54) is 0 Å². The van der Waals surface area contributed by atoms with Crippen LogP contribution in [0.3, 0.4) is 0 Å². The van der Waals surface area contributed by atoms with Gasteiger partial charge in [-0.1, -0.05) is 19.1 Å². The summed E-state index contributed by atoms with van der Waals surface area (Å²) in [4.78, 5) is 0. The van der Waals surface area contributed by atoms with Crippen LogP contribution in [0.1, 0.15) is 26.2 Å². The summed E-state index contributed by atoms with van der Waals surface area (Å²) in [6.07, 6.45) is 9.26. The van der Waals surface area contributed by atoms with Gasteiger partial charge >= 0.3 is 0 Å². The van der Waals surface area contributed by atoms with E-state index in [2.05, 4.69) is 25.2 Å². The van der Waals surface area contributed by atoms with Crippen LogP contribution in [0.2, 0.25) is 0 Å². The average Bonchev–Trinajstić information content (AvgIpc) is 2.76. The lowest BCUT2D eigenvalue weighted by molar-refractivity contribution is -0.0681. The van der Waals surface area contributed by atoms with Gasteiger partial charge in [-0.05, 0) is 18.9 Å². The molecule has 2 unspecified atom stereocenters. The van der Waals surface area contributed by atoms with Gasteiger partial charge in [0.05, 0.1) is 12.4 Å². The fraction of sp³-hybridized carbons (Fsp3) is 0.667. The SMILES string of the molecule is CCC1OCC(COC2=CCC=CC2)O1. The molecule has 3 heteroatoms. The van der Waals surface area contributed by atoms with Gasteiger partial charge in [-0.15, -0.1) is 0 Å². The second-order valence-corrected chi connectivity index (χ2v) is 3.82. The zero-order valence-electron chi connectivity index (χ0n) is 9.15. The van der Waals surface area contributed by atoms with Crippen molar-refractivity contribution in [2.75, 3.05) is 13.2 Å². The summed E-state index contributed by atoms with van der Waals surface area (Å²) in [5.41, 5.74) is 0. The lowest BCUT2D eigenvalue weighted by Gasteiger charge is -2.14. The van der Waals surface area contributed by atoms with Gasteiger partial charge in [0.1, 0.15) is 12.7 Å². The van der Waals surface area contributed by atoms with E-state index in [4.69, 9.17) is 14.2 Å². The van der Waals surface area contributed by atoms with Gasteiger partial charge in [0.15, 0.2) is 6.29 Å². The third-order valence-corrected chi connectivity index (χ3v) is 2.57. The van der Waals surface area contributed by atoms with Gasteiger partial charge in [-0.25, -0.2) is 0 Å². The molecule has 1 aliphatic heterocycles. The van der Waals surface area contributed by atoms with Gasteiger partial charge in [0, 0.05) is 6.42 Å². The Balaban J connectivity index is 1.68. The highest BCUT2D eigenvalue weighted by molar-refractivity contribution is 5.09. The molecule has 1 aliphatic carbocycles. The van der Waals surface area contributed by atoms with Crippen molar-refractivity contribution in [3.63, 3.8) is 0 Å². The van der Waals surface area contributed by atoms with Crippen molar-refractivity contribution in [1.29, 1.82) is 0 Å². The van der Waals surface area contributed by atoms with Crippen molar-refractivity contribution in [1.82, 2.24) is 0 Å². The normalized spacial score (nSPS) is 30.3. The fourth-order valence-electron chi connectivity index (χ4n) is 1.71. The molecule has 2 atom stereocenters. The minimum atomic E-state index is -0.0289. The van der Waals surface area contributed by atoms with Crippen LogP contribution in [-0.2, 0) is 14.2 Å². The lowest BCUT2D eigenvalue weighted by Crippen LogP contribution is -2.18. The summed E-state index contributed by atoms with van der Waals surface area (Å²) in [6.45, 7) is 3.32. The highest BCUT2D eigenvalue weighted by Gasteiger charge is 2.25. The van der Waals surface area contributed by atoms with Crippen molar-refractivity contribution < 1.29 is 14.2 Å². The predicted molar refractivity (Wildman–Crippen MR) is 57.3 cm³/mol. The second kappa shape index (κ2) is 5.33. The molecule has 0 aromatic rings. The van der Waals surface area contributed by atoms with E-state index < -0.39 is 0 Å². The molecule has 1 saturated heterocycles. The molecule has 0 aromatic carbocycles. The zero-order chi connectivity index (χ0) is 10.5. The molecule has 1 heterocycles. The number of hydrogen-bond acceptors (Lipinski definition) is 3. The summed E-state index contributed by atoms with van der Waals surface area (Å²) < 4.78 is 16.7. The van der Waals surface area contributed by atoms with E-state index >= 15 is 0 Å². The van der Waals surface area contributed by atoms with Crippen molar-refractivity contribution >= 4 is 0 Å². The smallest absolute Gasteiger partial charge is 0.158 e. The third kappa shape index (κ3) is 3.08. The maximum atomic E-state index is 5.66. The summed E-state index contributed by atoms with van der Waals surface area (Å²) in [5, 5.41) is 0. The van der Waals surface area contributed by atoms with Crippen LogP contribution in [0.25, 0.3) is 0 Å². The Bertz CT molecular complexity index is 258. The van der Waals surface area contributed by atoms with Crippen LogP contribution in [0.15, 0.2) is 24.0 Å². The summed E-state index contributed by atoms with van der Waals surface area (Å²) in [7, 11) is 0. The standard InChI is InChI=1S/C12H18O3/c1-2-12-14-9-11(15-12)8-13-10-6-4-3-5-7-10/h3-4,7,11-12H,2,5-6,8-9H2,1H3. The van der Waals surface area contributed by atoms with Crippen LogP contribution in [0.4, 0.5) is 0 Å². The monoisotopic (exact) mass is 210 g/mol. The summed E-state index contributed by atoms with van der Waals surface area (Å²) >= 11 is 0. The number of hydrogen-bond donors (Lipinski definition) is 0. The van der Waals surface area contributed by atoms with Gasteiger partial charge in [-0.3, -0.25) is 0 Å². The molecule has 0 amide bonds. The summed E-state index contributed by atoms with van der Waals surface area (Å²) in [6, 6.07) is 0. The van der Waals surface area contributed by atoms with E-state index in [0.717, 1.165) is 25.0 Å². The quantitative estimate of drug-likeness (QED) is 0.667. The molecule has 0 aromatic heterocycles. The van der Waals surface area contributed by atoms with Gasteiger partial charge in [0.2, 0.25) is 0 Å². The Morgan fingerprint density at radius 2 is 2.40 bits per heavy atom. The van der Waals surface area contributed by atoms with Crippen molar-refractivity contribution in [2.45, 2.75) is 38.6 Å². The van der Waals surface area contributed by atoms with Crippen LogP contribution in [0, 0.1) is 0 Å². The Labute approximate surface area is 90.7 Å². The highest BCUT2D eigenvalue weighted by Crippen LogP contribution is 2.17. The topological polar surface area (TPSA) is 27.7 Å². The van der Waals surface area contributed by atoms with Crippen molar-refractivity contribution in [3.8, 4) is 0 Å². The van der Waals surface area contributed by atoms with Gasteiger partial charge < -0.3 is 14.2 Å². The minimum Gasteiger partial charge on any atom is -0.495 e. The Kier molecular flexibility index (Phi) is 3.80. The van der Waals surface area contributed by atoms with E-state index in [-0.39, 0.29) is 12.4 Å². The Morgan fingerprint density at radius 1 is 1.47 bits per heavy atom. The van der Waals surface area contributed by atoms with Crippen LogP contribution in [0.5, 0.6) is 0 Å². The fourth-order valence-corrected chi connectivity index (χ4v) is 1.71. The lowest BCUT2D eigenvalue weighted by atomic mass is 10.2. The third-order valence-electron chi connectivity index (χ3n) is 2.57. The van der Waals surface area contributed by atoms with E-state index in [1.807, 2.05) is 0 Å². The molecule has 0 spiro atoms. The molecule has 0 N–H and O–H groups in total. The van der Waals surface area contributed by atoms with E-state index in [0.29, 0.717) is 13.2 Å². The average molecular weight is 210 g/mol. The van der Waals surface area contributed by atoms with Crippen molar-refractivity contribution in [2.24, 2.45) is 0 Å². The first-order valence-electron chi connectivity index (χ1n) is 5.62. The largest absolute Gasteiger partial charge is 0.495 e. The first-order chi connectivity index (χ1) is 7.38. The molecule has 0 bridgehead atoms. The summed E-state index contributed by atoms with van der Waals surface area (Å²) in [5.74, 6) is 1.06. The second-order valence-electron chi connectivity index (χ2n) is 3.82. The molecule has 15 heavy (non-hydrogen) atoms. The highest BCUT2D eigenvalue weighted by atomic mass is 16.7. The van der Waals surface area contributed by atoms with Gasteiger partial charge in [0.25, 0.3) is 0 Å². The molecule has 3 nitrogen and oxygen atoms in total. The molecule has 0 radical (unpaired) electrons. The minimum absolute atomic E-state index is 0.0289. The van der Waals surface area contributed by atoms with Crippen molar-refractivity contribution in [3.05, 3.63) is 24.0 Å². The molecular weight excluding hydrogens is 192 g/mol. The zero-order valence-corrected chi connectivity index (χ0v) is 9.15. The number of ether oxygens (including phenoxy) is 3. The van der Waals surface area contributed by atoms with E-state index in [9.17, 15) is 0 Å². The Hall–Kier alpha value is -0.800. The first kappa shape index (κ1) is 10.7. The van der Waals surface area contributed by atoms with Crippen LogP contribution < -0.4 is 0 Å². The molecule has 1 fully saturated rings. The number of rotatable bonds is 4.